The first-order valence-electron chi connectivity index (χ1n) is 9.23. The maximum absolute atomic E-state index is 12.7. The van der Waals surface area contributed by atoms with Crippen molar-refractivity contribution < 1.29 is 0 Å². The minimum absolute atomic E-state index is 0.0454. The lowest BCUT2D eigenvalue weighted by atomic mass is 10.1. The third kappa shape index (κ3) is 3.37. The Kier molecular flexibility index (Phi) is 4.51. The lowest BCUT2D eigenvalue weighted by molar-refractivity contribution is 0.244. The highest BCUT2D eigenvalue weighted by Gasteiger charge is 2.22. The number of aromatic nitrogens is 2. The highest BCUT2D eigenvalue weighted by molar-refractivity contribution is 7.19. The molecule has 0 amide bonds. The Labute approximate surface area is 171 Å². The second-order valence-electron chi connectivity index (χ2n) is 7.06. The molecule has 6 heteroatoms. The average Bonchev–Trinajstić information content (AvgIpc) is 3.11. The normalized spacial score (nSPS) is 14.3. The molecule has 0 atom stereocenters. The van der Waals surface area contributed by atoms with Crippen LogP contribution in [0.25, 0.3) is 21.5 Å². The Morgan fingerprint density at radius 1 is 1.14 bits per heavy atom. The summed E-state index contributed by atoms with van der Waals surface area (Å²) >= 11 is 7.78. The zero-order chi connectivity index (χ0) is 19.1. The molecule has 5 rings (SSSR count). The van der Waals surface area contributed by atoms with Gasteiger partial charge in [0.15, 0.2) is 0 Å². The van der Waals surface area contributed by atoms with Gasteiger partial charge >= 0.3 is 0 Å². The van der Waals surface area contributed by atoms with Gasteiger partial charge in [0.1, 0.15) is 5.82 Å². The van der Waals surface area contributed by atoms with E-state index in [-0.39, 0.29) is 5.56 Å². The second kappa shape index (κ2) is 7.17. The Morgan fingerprint density at radius 2 is 1.96 bits per heavy atom. The van der Waals surface area contributed by atoms with Crippen molar-refractivity contribution in [2.75, 3.05) is 6.54 Å². The molecular weight excluding hydrogens is 390 g/mol. The molecule has 0 spiro atoms. The van der Waals surface area contributed by atoms with Gasteiger partial charge < -0.3 is 4.98 Å². The number of H-pyrrole nitrogens is 1. The van der Waals surface area contributed by atoms with E-state index in [4.69, 9.17) is 16.6 Å². The van der Waals surface area contributed by atoms with Gasteiger partial charge in [-0.1, -0.05) is 29.8 Å². The van der Waals surface area contributed by atoms with Crippen LogP contribution in [-0.4, -0.2) is 21.4 Å². The van der Waals surface area contributed by atoms with Gasteiger partial charge in [-0.15, -0.1) is 11.3 Å². The molecule has 4 aromatic rings. The van der Waals surface area contributed by atoms with E-state index in [0.29, 0.717) is 17.4 Å². The molecule has 3 heterocycles. The largest absolute Gasteiger partial charge is 0.306 e. The van der Waals surface area contributed by atoms with Crippen LogP contribution >= 0.6 is 22.9 Å². The van der Waals surface area contributed by atoms with E-state index in [1.165, 1.54) is 15.0 Å². The number of hydrogen-bond donors (Lipinski definition) is 1. The van der Waals surface area contributed by atoms with Crippen molar-refractivity contribution in [2.45, 2.75) is 19.5 Å². The second-order valence-corrected chi connectivity index (χ2v) is 8.66. The molecule has 2 aromatic carbocycles. The van der Waals surface area contributed by atoms with Crippen molar-refractivity contribution in [3.8, 4) is 11.4 Å². The van der Waals surface area contributed by atoms with Gasteiger partial charge in [0.25, 0.3) is 5.56 Å². The smallest absolute Gasteiger partial charge is 0.255 e. The molecule has 0 saturated heterocycles. The van der Waals surface area contributed by atoms with Crippen LogP contribution in [-0.2, 0) is 19.5 Å². The van der Waals surface area contributed by atoms with E-state index < -0.39 is 0 Å². The van der Waals surface area contributed by atoms with E-state index >= 15 is 0 Å². The molecule has 0 radical (unpaired) electrons. The summed E-state index contributed by atoms with van der Waals surface area (Å²) in [6.07, 6.45) is 0.782. The van der Waals surface area contributed by atoms with E-state index in [1.807, 2.05) is 35.6 Å². The monoisotopic (exact) mass is 407 g/mol. The van der Waals surface area contributed by atoms with Crippen molar-refractivity contribution in [3.63, 3.8) is 0 Å². The maximum Gasteiger partial charge on any atom is 0.255 e. The van der Waals surface area contributed by atoms with Gasteiger partial charge in [0.05, 0.1) is 11.3 Å². The number of aromatic amines is 1. The van der Waals surface area contributed by atoms with E-state index in [1.54, 1.807) is 0 Å². The Morgan fingerprint density at radius 3 is 2.79 bits per heavy atom. The minimum Gasteiger partial charge on any atom is -0.306 e. The first kappa shape index (κ1) is 17.6. The summed E-state index contributed by atoms with van der Waals surface area (Å²) in [6.45, 7) is 2.39. The third-order valence-corrected chi connectivity index (χ3v) is 6.47. The quantitative estimate of drug-likeness (QED) is 0.527. The van der Waals surface area contributed by atoms with Gasteiger partial charge in [0, 0.05) is 46.2 Å². The van der Waals surface area contributed by atoms with Crippen LogP contribution in [0, 0.1) is 0 Å². The Bertz CT molecular complexity index is 1180. The molecule has 28 heavy (non-hydrogen) atoms. The minimum atomic E-state index is -0.0454. The maximum atomic E-state index is 12.7. The van der Waals surface area contributed by atoms with Crippen molar-refractivity contribution in [3.05, 3.63) is 86.1 Å². The number of nitrogens with one attached hydrogen (secondary N) is 1. The topological polar surface area (TPSA) is 49.0 Å². The number of fused-ring (bicyclic) bond motifs is 2. The van der Waals surface area contributed by atoms with Crippen LogP contribution < -0.4 is 5.56 Å². The van der Waals surface area contributed by atoms with Crippen molar-refractivity contribution in [2.24, 2.45) is 0 Å². The molecule has 2 aromatic heterocycles. The standard InChI is InChI=1S/C22H18ClN3OS/c23-16-7-5-14(6-8-16)21-24-19-9-10-26(13-18(19)22(27)25-21)12-17-11-15-3-1-2-4-20(15)28-17/h1-8,11H,9-10,12-13H2,(H,24,25,27). The summed E-state index contributed by atoms with van der Waals surface area (Å²) in [6, 6.07) is 18.1. The summed E-state index contributed by atoms with van der Waals surface area (Å²) in [5.41, 5.74) is 2.51. The molecule has 0 fully saturated rings. The molecular formula is C22H18ClN3OS. The van der Waals surface area contributed by atoms with Crippen LogP contribution in [0.1, 0.15) is 16.1 Å². The summed E-state index contributed by atoms with van der Waals surface area (Å²) in [5, 5.41) is 1.95. The highest BCUT2D eigenvalue weighted by Crippen LogP contribution is 2.28. The Balaban J connectivity index is 1.39. The molecule has 1 aliphatic heterocycles. The van der Waals surface area contributed by atoms with Crippen molar-refractivity contribution in [1.29, 1.82) is 0 Å². The molecule has 140 valence electrons. The van der Waals surface area contributed by atoms with Gasteiger partial charge in [0.2, 0.25) is 0 Å². The Hall–Kier alpha value is -2.47. The number of thiophene rings is 1. The molecule has 0 saturated carbocycles. The number of halogens is 1. The number of nitrogens with zero attached hydrogens (tertiary/aromatic N) is 2. The molecule has 1 N–H and O–H groups in total. The van der Waals surface area contributed by atoms with E-state index in [2.05, 4.69) is 40.2 Å². The summed E-state index contributed by atoms with van der Waals surface area (Å²) in [4.78, 5) is 24.0. The fraction of sp³-hybridized carbons (Fsp3) is 0.182. The lowest BCUT2D eigenvalue weighted by Crippen LogP contribution is -2.35. The fourth-order valence-corrected chi connectivity index (χ4v) is 4.93. The predicted octanol–water partition coefficient (Wildman–Crippen LogP) is 4.86. The molecule has 0 aliphatic carbocycles. The van der Waals surface area contributed by atoms with Crippen LogP contribution in [0.5, 0.6) is 0 Å². The number of rotatable bonds is 3. The van der Waals surface area contributed by atoms with Crippen molar-refractivity contribution in [1.82, 2.24) is 14.9 Å². The predicted molar refractivity (Wildman–Crippen MR) is 115 cm³/mol. The molecule has 4 nitrogen and oxygen atoms in total. The molecule has 0 bridgehead atoms. The zero-order valence-corrected chi connectivity index (χ0v) is 16.7. The number of hydrogen-bond acceptors (Lipinski definition) is 4. The third-order valence-electron chi connectivity index (χ3n) is 5.12. The van der Waals surface area contributed by atoms with Gasteiger partial charge in [-0.2, -0.15) is 0 Å². The van der Waals surface area contributed by atoms with Crippen molar-refractivity contribution >= 4 is 33.0 Å². The molecule has 0 unspecified atom stereocenters. The highest BCUT2D eigenvalue weighted by atomic mass is 35.5. The lowest BCUT2D eigenvalue weighted by Gasteiger charge is -2.27. The average molecular weight is 408 g/mol. The SMILES string of the molecule is O=c1[nH]c(-c2ccc(Cl)cc2)nc2c1CN(Cc1cc3ccccc3s1)CC2. The summed E-state index contributed by atoms with van der Waals surface area (Å²) in [7, 11) is 0. The first-order valence-corrected chi connectivity index (χ1v) is 10.4. The van der Waals surface area contributed by atoms with Crippen LogP contribution in [0.15, 0.2) is 59.4 Å². The van der Waals surface area contributed by atoms with E-state index in [9.17, 15) is 4.79 Å². The van der Waals surface area contributed by atoms with E-state index in [0.717, 1.165) is 36.3 Å². The summed E-state index contributed by atoms with van der Waals surface area (Å²) < 4.78 is 1.31. The zero-order valence-electron chi connectivity index (χ0n) is 15.1. The fourth-order valence-electron chi connectivity index (χ4n) is 3.70. The summed E-state index contributed by atoms with van der Waals surface area (Å²) in [5.74, 6) is 0.610. The van der Waals surface area contributed by atoms with Crippen LogP contribution in [0.3, 0.4) is 0 Å². The first-order chi connectivity index (χ1) is 13.7. The molecule has 1 aliphatic rings. The van der Waals surface area contributed by atoms with Crippen LogP contribution in [0.4, 0.5) is 0 Å². The van der Waals surface area contributed by atoms with Crippen LogP contribution in [0.2, 0.25) is 5.02 Å². The van der Waals surface area contributed by atoms with Gasteiger partial charge in [-0.3, -0.25) is 9.69 Å². The van der Waals surface area contributed by atoms with Gasteiger partial charge in [-0.05, 0) is 41.8 Å². The number of benzene rings is 2. The van der Waals surface area contributed by atoms with Gasteiger partial charge in [-0.25, -0.2) is 4.98 Å².